The van der Waals surface area contributed by atoms with E-state index >= 15 is 0 Å². The smallest absolute Gasteiger partial charge is 0.128 e. The predicted octanol–water partition coefficient (Wildman–Crippen LogP) is 5.31. The summed E-state index contributed by atoms with van der Waals surface area (Å²) in [6, 6.07) is 7.39. The van der Waals surface area contributed by atoms with Gasteiger partial charge in [0.15, 0.2) is 0 Å². The quantitative estimate of drug-likeness (QED) is 0.430. The maximum absolute atomic E-state index is 10.9. The maximum atomic E-state index is 10.9. The third-order valence-electron chi connectivity index (χ3n) is 6.82. The summed E-state index contributed by atoms with van der Waals surface area (Å²) in [5.41, 5.74) is 2.47. The van der Waals surface area contributed by atoms with E-state index in [9.17, 15) is 10.2 Å². The number of carbonyl (C=O) groups is 1. The van der Waals surface area contributed by atoms with Crippen molar-refractivity contribution in [3.05, 3.63) is 46.5 Å². The number of methoxy groups -OCH3 is 2. The molecule has 2 atom stereocenters. The summed E-state index contributed by atoms with van der Waals surface area (Å²) < 4.78 is 11.0. The van der Waals surface area contributed by atoms with E-state index in [2.05, 4.69) is 41.5 Å². The zero-order chi connectivity index (χ0) is 30.3. The molecule has 1 saturated carbocycles. The summed E-state index contributed by atoms with van der Waals surface area (Å²) >= 11 is 0. The number of hydrogen-bond acceptors (Lipinski definition) is 8. The fourth-order valence-corrected chi connectivity index (χ4v) is 4.63. The molecule has 0 bridgehead atoms. The van der Waals surface area contributed by atoms with E-state index < -0.39 is 5.97 Å². The predicted molar refractivity (Wildman–Crippen MR) is 159 cm³/mol. The van der Waals surface area contributed by atoms with Crippen LogP contribution < -0.4 is 14.6 Å². The van der Waals surface area contributed by atoms with Crippen LogP contribution in [0, 0.1) is 0 Å². The Bertz CT molecular complexity index is 1130. The first-order chi connectivity index (χ1) is 18.6. The van der Waals surface area contributed by atoms with E-state index in [0.717, 1.165) is 43.7 Å². The molecule has 0 amide bonds. The van der Waals surface area contributed by atoms with Gasteiger partial charge in [-0.1, -0.05) is 54.4 Å². The van der Waals surface area contributed by atoms with Gasteiger partial charge in [0.05, 0.1) is 26.3 Å². The number of phenolic OH excluding ortho intramolecular Hbond substituents is 2. The largest absolute Gasteiger partial charge is 0.550 e. The Morgan fingerprint density at radius 3 is 1.39 bits per heavy atom. The third-order valence-corrected chi connectivity index (χ3v) is 6.82. The number of aromatic hydroxyl groups is 2. The number of rotatable bonds is 6. The molecule has 0 heterocycles. The molecule has 1 aliphatic rings. The molecular weight excluding hydrogens is 560 g/mol. The molecule has 226 valence electrons. The normalized spacial score (nSPS) is 17.5. The Balaban J connectivity index is 0.00000157. The second-order valence-electron chi connectivity index (χ2n) is 12.2. The summed E-state index contributed by atoms with van der Waals surface area (Å²) in [5, 5.41) is 30.8. The minimum atomic E-state index is -1.08. The second kappa shape index (κ2) is 15.3. The van der Waals surface area contributed by atoms with Crippen molar-refractivity contribution in [3.63, 3.8) is 0 Å². The van der Waals surface area contributed by atoms with Gasteiger partial charge in [0.1, 0.15) is 23.0 Å². The van der Waals surface area contributed by atoms with Crippen molar-refractivity contribution in [2.24, 2.45) is 9.98 Å². The van der Waals surface area contributed by atoms with Crippen molar-refractivity contribution in [3.8, 4) is 23.0 Å². The van der Waals surface area contributed by atoms with Gasteiger partial charge in [-0.25, -0.2) is 0 Å². The van der Waals surface area contributed by atoms with Gasteiger partial charge >= 0.3 is 0 Å². The van der Waals surface area contributed by atoms with Crippen LogP contribution in [0.3, 0.4) is 0 Å². The fourth-order valence-electron chi connectivity index (χ4n) is 4.63. The molecule has 8 nitrogen and oxygen atoms in total. The van der Waals surface area contributed by atoms with Crippen LogP contribution in [0.1, 0.15) is 96.4 Å². The van der Waals surface area contributed by atoms with E-state index in [-0.39, 0.29) is 51.8 Å². The molecule has 2 unspecified atom stereocenters. The summed E-state index contributed by atoms with van der Waals surface area (Å²) in [4.78, 5) is 18.6. The van der Waals surface area contributed by atoms with Crippen LogP contribution in [0.2, 0.25) is 0 Å². The van der Waals surface area contributed by atoms with Crippen LogP contribution in [-0.4, -0.2) is 54.9 Å². The molecular formula is C32H45CrN2O6-. The van der Waals surface area contributed by atoms with E-state index in [0.29, 0.717) is 22.6 Å². The summed E-state index contributed by atoms with van der Waals surface area (Å²) in [6.45, 7) is 13.3. The molecule has 0 radical (unpaired) electrons. The molecule has 0 aromatic heterocycles. The van der Waals surface area contributed by atoms with E-state index in [1.54, 1.807) is 26.6 Å². The van der Waals surface area contributed by atoms with Crippen molar-refractivity contribution in [1.82, 2.24) is 0 Å². The molecule has 41 heavy (non-hydrogen) atoms. The maximum Gasteiger partial charge on any atom is 0.128 e. The Morgan fingerprint density at radius 1 is 0.805 bits per heavy atom. The van der Waals surface area contributed by atoms with E-state index in [1.165, 1.54) is 0 Å². The summed E-state index contributed by atoms with van der Waals surface area (Å²) in [5.74, 6) is 0.777. The molecule has 0 saturated heterocycles. The number of phenols is 2. The van der Waals surface area contributed by atoms with Gasteiger partial charge in [0, 0.05) is 58.0 Å². The summed E-state index contributed by atoms with van der Waals surface area (Å²) in [7, 11) is 3.26. The SMILES string of the molecule is CC(=O)[O-].COc1cc(C=NC2CCCCC2N=Cc2cc(OC)cc(C(C)(C)C)c2O)c(O)c(C(C)(C)C)c1.[Cr]. The Labute approximate surface area is 255 Å². The first-order valence-corrected chi connectivity index (χ1v) is 13.6. The number of ether oxygens (including phenoxy) is 2. The molecule has 2 aromatic rings. The zero-order valence-corrected chi connectivity index (χ0v) is 27.1. The van der Waals surface area contributed by atoms with Crippen molar-refractivity contribution < 1.29 is 46.9 Å². The molecule has 1 aliphatic carbocycles. The molecule has 3 rings (SSSR count). The molecule has 0 spiro atoms. The van der Waals surface area contributed by atoms with Crippen LogP contribution >= 0.6 is 0 Å². The van der Waals surface area contributed by atoms with Crippen LogP contribution in [0.4, 0.5) is 0 Å². The van der Waals surface area contributed by atoms with Gasteiger partial charge in [-0.2, -0.15) is 0 Å². The average Bonchev–Trinajstić information content (AvgIpc) is 2.86. The number of carboxylic acid groups (broad SMARTS) is 1. The number of carbonyl (C=O) groups excluding carboxylic acids is 1. The van der Waals surface area contributed by atoms with Gasteiger partial charge in [-0.3, -0.25) is 9.98 Å². The number of nitrogens with zero attached hydrogens (tertiary/aromatic N) is 2. The minimum absolute atomic E-state index is 0. The van der Waals surface area contributed by atoms with Gasteiger partial charge < -0.3 is 29.6 Å². The zero-order valence-electron chi connectivity index (χ0n) is 25.8. The van der Waals surface area contributed by atoms with Gasteiger partial charge in [0.25, 0.3) is 0 Å². The van der Waals surface area contributed by atoms with Crippen molar-refractivity contribution >= 4 is 18.4 Å². The Hall–Kier alpha value is -3.02. The van der Waals surface area contributed by atoms with Crippen LogP contribution in [0.25, 0.3) is 0 Å². The van der Waals surface area contributed by atoms with Gasteiger partial charge in [0.2, 0.25) is 0 Å². The van der Waals surface area contributed by atoms with Gasteiger partial charge in [-0.15, -0.1) is 0 Å². The molecule has 2 N–H and O–H groups in total. The van der Waals surface area contributed by atoms with E-state index in [1.807, 2.05) is 24.3 Å². The fraction of sp³-hybridized carbons (Fsp3) is 0.531. The van der Waals surface area contributed by atoms with E-state index in [4.69, 9.17) is 29.4 Å². The van der Waals surface area contributed by atoms with Crippen LogP contribution in [0.5, 0.6) is 23.0 Å². The van der Waals surface area contributed by atoms with Crippen molar-refractivity contribution in [2.75, 3.05) is 14.2 Å². The third kappa shape index (κ3) is 10.4. The molecule has 9 heteroatoms. The number of benzene rings is 2. The Kier molecular flexibility index (Phi) is 13.4. The minimum Gasteiger partial charge on any atom is -0.550 e. The first-order valence-electron chi connectivity index (χ1n) is 13.6. The van der Waals surface area contributed by atoms with Gasteiger partial charge in [-0.05, 0) is 54.9 Å². The first kappa shape index (κ1) is 36.0. The second-order valence-corrected chi connectivity index (χ2v) is 12.2. The molecule has 0 aliphatic heterocycles. The molecule has 2 aromatic carbocycles. The number of hydrogen-bond donors (Lipinski definition) is 2. The van der Waals surface area contributed by atoms with Crippen LogP contribution in [0.15, 0.2) is 34.3 Å². The topological polar surface area (TPSA) is 124 Å². The Morgan fingerprint density at radius 2 is 1.12 bits per heavy atom. The monoisotopic (exact) mass is 605 g/mol. The van der Waals surface area contributed by atoms with Crippen molar-refractivity contribution in [2.45, 2.75) is 97.1 Å². The van der Waals surface area contributed by atoms with Crippen LogP contribution in [-0.2, 0) is 33.0 Å². The average molecular weight is 606 g/mol. The molecule has 1 fully saturated rings. The summed E-state index contributed by atoms with van der Waals surface area (Å²) in [6.07, 6.45) is 7.53. The number of aliphatic imine (C=N–C) groups is 2. The van der Waals surface area contributed by atoms with Crippen molar-refractivity contribution in [1.29, 1.82) is 0 Å². The standard InChI is InChI=1S/C30H42N2O4.C2H4O2.Cr/c1-29(2,3)23-15-21(35-7)13-19(27(23)33)17-31-25-11-9-10-12-26(25)32-18-20-14-22(36-8)16-24(28(20)34)30(4,5)6;1-2(3)4;/h13-18,25-26,33-34H,9-12H2,1-8H3;1H3,(H,3,4);/p-1. The number of aliphatic carboxylic acids is 1. The number of carboxylic acids is 1.